The van der Waals surface area contributed by atoms with Gasteiger partial charge >= 0.3 is 0 Å². The number of methoxy groups -OCH3 is 1. The van der Waals surface area contributed by atoms with Crippen molar-refractivity contribution in [2.24, 2.45) is 0 Å². The Balaban J connectivity index is 2.24. The smallest absolute Gasteiger partial charge is 0.224 e. The predicted octanol–water partition coefficient (Wildman–Crippen LogP) is 3.54. The van der Waals surface area contributed by atoms with Crippen molar-refractivity contribution in [1.29, 1.82) is 0 Å². The number of aromatic nitrogens is 1. The van der Waals surface area contributed by atoms with Crippen molar-refractivity contribution < 1.29 is 9.47 Å². The van der Waals surface area contributed by atoms with E-state index in [1.54, 1.807) is 19.2 Å². The Morgan fingerprint density at radius 1 is 1.06 bits per heavy atom. The first kappa shape index (κ1) is 10.8. The fourth-order valence-corrected chi connectivity index (χ4v) is 1.42. The van der Waals surface area contributed by atoms with Crippen LogP contribution in [0.3, 0.4) is 0 Å². The molecular weight excluding hydrogens is 226 g/mol. The van der Waals surface area contributed by atoms with Crippen molar-refractivity contribution in [3.05, 3.63) is 47.6 Å². The van der Waals surface area contributed by atoms with Crippen molar-refractivity contribution in [2.45, 2.75) is 0 Å². The quantitative estimate of drug-likeness (QED) is 0.763. The van der Waals surface area contributed by atoms with Gasteiger partial charge in [0.05, 0.1) is 7.11 Å². The molecule has 0 aliphatic heterocycles. The number of nitrogens with zero attached hydrogens (tertiary/aromatic N) is 1. The molecule has 1 heterocycles. The van der Waals surface area contributed by atoms with Crippen LogP contribution >= 0.6 is 11.6 Å². The van der Waals surface area contributed by atoms with Crippen LogP contribution in [0.2, 0.25) is 5.15 Å². The Labute approximate surface area is 98.6 Å². The maximum atomic E-state index is 5.82. The van der Waals surface area contributed by atoms with Gasteiger partial charge < -0.3 is 9.47 Å². The number of hydrogen-bond acceptors (Lipinski definition) is 3. The van der Waals surface area contributed by atoms with Gasteiger partial charge in [-0.05, 0) is 12.1 Å². The van der Waals surface area contributed by atoms with Crippen LogP contribution in [0.15, 0.2) is 42.5 Å². The second kappa shape index (κ2) is 4.86. The van der Waals surface area contributed by atoms with E-state index in [-0.39, 0.29) is 0 Å². The molecule has 3 nitrogen and oxygen atoms in total. The first-order valence-corrected chi connectivity index (χ1v) is 5.10. The van der Waals surface area contributed by atoms with Gasteiger partial charge in [0.1, 0.15) is 16.7 Å². The summed E-state index contributed by atoms with van der Waals surface area (Å²) < 4.78 is 10.6. The SMILES string of the molecule is COc1cc(Cl)nc(Oc2ccccc2)c1. The molecule has 82 valence electrons. The van der Waals surface area contributed by atoms with Gasteiger partial charge in [0.25, 0.3) is 0 Å². The molecule has 0 unspecified atom stereocenters. The molecule has 1 aromatic carbocycles. The highest BCUT2D eigenvalue weighted by Gasteiger charge is 2.03. The van der Waals surface area contributed by atoms with E-state index in [2.05, 4.69) is 4.98 Å². The summed E-state index contributed by atoms with van der Waals surface area (Å²) in [6, 6.07) is 12.7. The van der Waals surface area contributed by atoms with Crippen molar-refractivity contribution >= 4 is 11.6 Å². The molecule has 2 aromatic rings. The van der Waals surface area contributed by atoms with Crippen LogP contribution < -0.4 is 9.47 Å². The van der Waals surface area contributed by atoms with Crippen LogP contribution in [0.1, 0.15) is 0 Å². The van der Waals surface area contributed by atoms with Gasteiger partial charge in [0.15, 0.2) is 0 Å². The molecule has 4 heteroatoms. The highest BCUT2D eigenvalue weighted by molar-refractivity contribution is 6.29. The standard InChI is InChI=1S/C12H10ClNO2/c1-15-10-7-11(13)14-12(8-10)16-9-5-3-2-4-6-9/h2-8H,1H3. The number of hydrogen-bond donors (Lipinski definition) is 0. The van der Waals surface area contributed by atoms with E-state index in [4.69, 9.17) is 21.1 Å². The molecule has 0 saturated heterocycles. The summed E-state index contributed by atoms with van der Waals surface area (Å²) in [6.45, 7) is 0. The summed E-state index contributed by atoms with van der Waals surface area (Å²) in [7, 11) is 1.57. The van der Waals surface area contributed by atoms with Crippen molar-refractivity contribution in [1.82, 2.24) is 4.98 Å². The molecule has 0 spiro atoms. The summed E-state index contributed by atoms with van der Waals surface area (Å²) in [6.07, 6.45) is 0. The monoisotopic (exact) mass is 235 g/mol. The molecule has 0 amide bonds. The zero-order valence-electron chi connectivity index (χ0n) is 8.68. The molecule has 16 heavy (non-hydrogen) atoms. The van der Waals surface area contributed by atoms with Crippen molar-refractivity contribution in [3.63, 3.8) is 0 Å². The zero-order chi connectivity index (χ0) is 11.4. The second-order valence-corrected chi connectivity index (χ2v) is 3.47. The lowest BCUT2D eigenvalue weighted by Crippen LogP contribution is -1.90. The Morgan fingerprint density at radius 3 is 2.50 bits per heavy atom. The Bertz CT molecular complexity index is 474. The van der Waals surface area contributed by atoms with E-state index >= 15 is 0 Å². The van der Waals surface area contributed by atoms with Crippen molar-refractivity contribution in [2.75, 3.05) is 7.11 Å². The summed E-state index contributed by atoms with van der Waals surface area (Å²) in [4.78, 5) is 4.04. The minimum atomic E-state index is 0.338. The molecule has 0 radical (unpaired) electrons. The zero-order valence-corrected chi connectivity index (χ0v) is 9.44. The summed E-state index contributed by atoms with van der Waals surface area (Å²) in [5.74, 6) is 1.74. The number of ether oxygens (including phenoxy) is 2. The molecule has 0 atom stereocenters. The van der Waals surface area contributed by atoms with Crippen LogP contribution in [0.25, 0.3) is 0 Å². The average molecular weight is 236 g/mol. The topological polar surface area (TPSA) is 31.4 Å². The Hall–Kier alpha value is -1.74. The summed E-state index contributed by atoms with van der Waals surface area (Å²) >= 11 is 5.82. The molecule has 0 saturated carbocycles. The van der Waals surface area contributed by atoms with Crippen LogP contribution in [0, 0.1) is 0 Å². The van der Waals surface area contributed by atoms with E-state index in [1.807, 2.05) is 30.3 Å². The first-order chi connectivity index (χ1) is 7.78. The minimum absolute atomic E-state index is 0.338. The fraction of sp³-hybridized carbons (Fsp3) is 0.0833. The Kier molecular flexibility index (Phi) is 3.27. The van der Waals surface area contributed by atoms with Crippen molar-refractivity contribution in [3.8, 4) is 17.4 Å². The van der Waals surface area contributed by atoms with Gasteiger partial charge in [0.2, 0.25) is 5.88 Å². The van der Waals surface area contributed by atoms with E-state index < -0.39 is 0 Å². The molecule has 2 rings (SSSR count). The Morgan fingerprint density at radius 2 is 1.81 bits per heavy atom. The van der Waals surface area contributed by atoms with Gasteiger partial charge in [-0.2, -0.15) is 0 Å². The molecule has 0 aliphatic rings. The average Bonchev–Trinajstić information content (AvgIpc) is 2.29. The highest BCUT2D eigenvalue weighted by Crippen LogP contribution is 2.25. The number of benzene rings is 1. The van der Waals surface area contributed by atoms with Crippen LogP contribution in [0.4, 0.5) is 0 Å². The number of rotatable bonds is 3. The third kappa shape index (κ3) is 2.64. The lowest BCUT2D eigenvalue weighted by molar-refractivity contribution is 0.405. The normalized spacial score (nSPS) is 9.88. The van der Waals surface area contributed by atoms with E-state index in [1.165, 1.54) is 0 Å². The van der Waals surface area contributed by atoms with Crippen LogP contribution in [-0.2, 0) is 0 Å². The lowest BCUT2D eigenvalue weighted by Gasteiger charge is -2.06. The van der Waals surface area contributed by atoms with Gasteiger partial charge in [-0.25, -0.2) is 4.98 Å². The molecule has 0 bridgehead atoms. The predicted molar refractivity (Wildman–Crippen MR) is 62.3 cm³/mol. The number of pyridine rings is 1. The highest BCUT2D eigenvalue weighted by atomic mass is 35.5. The number of halogens is 1. The molecule has 0 fully saturated rings. The number of para-hydroxylation sites is 1. The molecule has 0 aliphatic carbocycles. The fourth-order valence-electron chi connectivity index (χ4n) is 1.23. The van der Waals surface area contributed by atoms with Gasteiger partial charge in [-0.1, -0.05) is 29.8 Å². The van der Waals surface area contributed by atoms with Gasteiger partial charge in [0, 0.05) is 12.1 Å². The summed E-state index contributed by atoms with van der Waals surface area (Å²) in [5.41, 5.74) is 0. The van der Waals surface area contributed by atoms with Crippen LogP contribution in [-0.4, -0.2) is 12.1 Å². The third-order valence-electron chi connectivity index (χ3n) is 1.95. The minimum Gasteiger partial charge on any atom is -0.496 e. The first-order valence-electron chi connectivity index (χ1n) is 4.72. The summed E-state index contributed by atoms with van der Waals surface area (Å²) in [5, 5.41) is 0.338. The molecule has 1 aromatic heterocycles. The second-order valence-electron chi connectivity index (χ2n) is 3.08. The van der Waals surface area contributed by atoms with Gasteiger partial charge in [-0.15, -0.1) is 0 Å². The molecule has 0 N–H and O–H groups in total. The largest absolute Gasteiger partial charge is 0.496 e. The third-order valence-corrected chi connectivity index (χ3v) is 2.14. The maximum absolute atomic E-state index is 5.82. The maximum Gasteiger partial charge on any atom is 0.224 e. The van der Waals surface area contributed by atoms with E-state index in [0.717, 1.165) is 0 Å². The van der Waals surface area contributed by atoms with Gasteiger partial charge in [-0.3, -0.25) is 0 Å². The van der Waals surface area contributed by atoms with E-state index in [9.17, 15) is 0 Å². The van der Waals surface area contributed by atoms with Crippen LogP contribution in [0.5, 0.6) is 17.4 Å². The lowest BCUT2D eigenvalue weighted by atomic mass is 10.3. The van der Waals surface area contributed by atoms with E-state index in [0.29, 0.717) is 22.5 Å². The molecular formula is C12H10ClNO2.